The molecule has 4 aromatic rings. The Kier molecular flexibility index (Phi) is 5.86. The summed E-state index contributed by atoms with van der Waals surface area (Å²) in [6.45, 7) is 1.46. The molecule has 0 saturated heterocycles. The number of carbonyl (C=O) groups excluding carboxylic acids is 1. The quantitative estimate of drug-likeness (QED) is 0.438. The maximum atomic E-state index is 11.8. The number of rotatable bonds is 5. The Hall–Kier alpha value is -3.42. The molecule has 1 amide bonds. The number of sulfone groups is 1. The maximum Gasteiger partial charge on any atom is 0.221 e. The second kappa shape index (κ2) is 8.61. The number of benzene rings is 3. The summed E-state index contributed by atoms with van der Waals surface area (Å²) in [6, 6.07) is 23.4. The summed E-state index contributed by atoms with van der Waals surface area (Å²) in [6.07, 6.45) is 1.18. The molecular weight excluding hydrogens is 446 g/mol. The fraction of sp³-hybridized carbons (Fsp3) is 0.0833. The minimum Gasteiger partial charge on any atom is -0.326 e. The topological polar surface area (TPSA) is 81.1 Å². The van der Waals surface area contributed by atoms with Crippen LogP contribution in [0.1, 0.15) is 6.92 Å². The van der Waals surface area contributed by atoms with Gasteiger partial charge >= 0.3 is 0 Å². The lowest BCUT2D eigenvalue weighted by Gasteiger charge is -2.08. The maximum absolute atomic E-state index is 11.8. The zero-order valence-electron chi connectivity index (χ0n) is 17.4. The van der Waals surface area contributed by atoms with Crippen molar-refractivity contribution in [3.63, 3.8) is 0 Å². The van der Waals surface area contributed by atoms with E-state index in [9.17, 15) is 13.2 Å². The summed E-state index contributed by atoms with van der Waals surface area (Å²) in [4.78, 5) is 11.5. The van der Waals surface area contributed by atoms with Crippen molar-refractivity contribution in [3.05, 3.63) is 83.9 Å². The lowest BCUT2D eigenvalue weighted by Crippen LogP contribution is -2.05. The van der Waals surface area contributed by atoms with E-state index in [1.165, 1.54) is 13.2 Å². The molecule has 3 aromatic carbocycles. The number of hydrogen-bond acceptors (Lipinski definition) is 4. The Morgan fingerprint density at radius 3 is 2.06 bits per heavy atom. The normalized spacial score (nSPS) is 11.3. The first-order chi connectivity index (χ1) is 15.2. The summed E-state index contributed by atoms with van der Waals surface area (Å²) in [7, 11) is -3.29. The standard InChI is InChI=1S/C24H20ClN3O3S/c1-16(29)26-20-9-5-17(6-10-20)23-15-24(18-3-7-19(25)8-4-18)28(27-23)21-11-13-22(14-12-21)32(2,30)31/h3-15H,1-2H3,(H,26,29). The lowest BCUT2D eigenvalue weighted by molar-refractivity contribution is -0.114. The smallest absolute Gasteiger partial charge is 0.221 e. The van der Waals surface area contributed by atoms with E-state index in [4.69, 9.17) is 16.7 Å². The number of halogens is 1. The van der Waals surface area contributed by atoms with E-state index in [1.807, 2.05) is 54.6 Å². The highest BCUT2D eigenvalue weighted by Crippen LogP contribution is 2.30. The molecule has 0 aliphatic carbocycles. The second-order valence-corrected chi connectivity index (χ2v) is 9.81. The molecule has 162 valence electrons. The van der Waals surface area contributed by atoms with E-state index >= 15 is 0 Å². The van der Waals surface area contributed by atoms with Gasteiger partial charge in [-0.15, -0.1) is 0 Å². The van der Waals surface area contributed by atoms with Crippen LogP contribution in [0.4, 0.5) is 5.69 Å². The van der Waals surface area contributed by atoms with Crippen LogP contribution in [-0.4, -0.2) is 30.4 Å². The number of aromatic nitrogens is 2. The van der Waals surface area contributed by atoms with Gasteiger partial charge in [0.05, 0.1) is 22.0 Å². The fourth-order valence-corrected chi connectivity index (χ4v) is 4.06. The largest absolute Gasteiger partial charge is 0.326 e. The van der Waals surface area contributed by atoms with Gasteiger partial charge in [0, 0.05) is 35.0 Å². The third kappa shape index (κ3) is 4.74. The molecule has 0 saturated carbocycles. The summed E-state index contributed by atoms with van der Waals surface area (Å²) < 4.78 is 25.4. The Labute approximate surface area is 191 Å². The predicted octanol–water partition coefficient (Wildman–Crippen LogP) is 5.22. The zero-order chi connectivity index (χ0) is 22.9. The van der Waals surface area contributed by atoms with Crippen molar-refractivity contribution in [1.29, 1.82) is 0 Å². The molecular formula is C24H20ClN3O3S. The first-order valence-electron chi connectivity index (χ1n) is 9.75. The zero-order valence-corrected chi connectivity index (χ0v) is 19.0. The summed E-state index contributed by atoms with van der Waals surface area (Å²) in [5.41, 5.74) is 4.78. The highest BCUT2D eigenvalue weighted by molar-refractivity contribution is 7.90. The van der Waals surface area contributed by atoms with Crippen molar-refractivity contribution >= 4 is 33.0 Å². The van der Waals surface area contributed by atoms with Crippen LogP contribution in [0.25, 0.3) is 28.2 Å². The molecule has 6 nitrogen and oxygen atoms in total. The number of hydrogen-bond donors (Lipinski definition) is 1. The number of amides is 1. The lowest BCUT2D eigenvalue weighted by atomic mass is 10.1. The Morgan fingerprint density at radius 2 is 1.50 bits per heavy atom. The van der Waals surface area contributed by atoms with Crippen LogP contribution in [0, 0.1) is 0 Å². The molecule has 0 fully saturated rings. The first kappa shape index (κ1) is 21.8. The van der Waals surface area contributed by atoms with Gasteiger partial charge in [0.2, 0.25) is 5.91 Å². The third-order valence-electron chi connectivity index (χ3n) is 4.86. The highest BCUT2D eigenvalue weighted by atomic mass is 35.5. The summed E-state index contributed by atoms with van der Waals surface area (Å²) in [5.74, 6) is -0.135. The molecule has 1 N–H and O–H groups in total. The Morgan fingerprint density at radius 1 is 0.906 bits per heavy atom. The average molecular weight is 466 g/mol. The van der Waals surface area contributed by atoms with Gasteiger partial charge in [0.15, 0.2) is 9.84 Å². The van der Waals surface area contributed by atoms with Crippen LogP contribution in [-0.2, 0) is 14.6 Å². The minimum absolute atomic E-state index is 0.135. The van der Waals surface area contributed by atoms with Gasteiger partial charge in [-0.05, 0) is 54.6 Å². The molecule has 4 rings (SSSR count). The molecule has 0 radical (unpaired) electrons. The van der Waals surface area contributed by atoms with Crippen molar-refractivity contribution in [2.45, 2.75) is 11.8 Å². The van der Waals surface area contributed by atoms with Gasteiger partial charge in [-0.1, -0.05) is 35.9 Å². The van der Waals surface area contributed by atoms with Crippen LogP contribution >= 0.6 is 11.6 Å². The summed E-state index contributed by atoms with van der Waals surface area (Å²) in [5, 5.41) is 8.16. The van der Waals surface area contributed by atoms with Crippen LogP contribution in [0.15, 0.2) is 83.8 Å². The van der Waals surface area contributed by atoms with Crippen molar-refractivity contribution in [3.8, 4) is 28.2 Å². The molecule has 8 heteroatoms. The van der Waals surface area contributed by atoms with E-state index in [-0.39, 0.29) is 10.8 Å². The first-order valence-corrected chi connectivity index (χ1v) is 12.0. The monoisotopic (exact) mass is 465 g/mol. The van der Waals surface area contributed by atoms with Gasteiger partial charge in [0.25, 0.3) is 0 Å². The third-order valence-corrected chi connectivity index (χ3v) is 6.24. The van der Waals surface area contributed by atoms with E-state index < -0.39 is 9.84 Å². The minimum atomic E-state index is -3.29. The average Bonchev–Trinajstić information content (AvgIpc) is 3.19. The Balaban J connectivity index is 1.80. The molecule has 0 aliphatic heterocycles. The van der Waals surface area contributed by atoms with Crippen molar-refractivity contribution in [1.82, 2.24) is 9.78 Å². The van der Waals surface area contributed by atoms with Crippen molar-refractivity contribution in [2.24, 2.45) is 0 Å². The molecule has 1 heterocycles. The Bertz CT molecular complexity index is 1380. The van der Waals surface area contributed by atoms with Gasteiger partial charge < -0.3 is 5.32 Å². The summed E-state index contributed by atoms with van der Waals surface area (Å²) >= 11 is 6.06. The molecule has 0 unspecified atom stereocenters. The molecule has 0 spiro atoms. The fourth-order valence-electron chi connectivity index (χ4n) is 3.31. The molecule has 0 atom stereocenters. The van der Waals surface area contributed by atoms with Crippen LogP contribution < -0.4 is 5.32 Å². The highest BCUT2D eigenvalue weighted by Gasteiger charge is 2.15. The van der Waals surface area contributed by atoms with Gasteiger partial charge in [-0.25, -0.2) is 13.1 Å². The number of carbonyl (C=O) groups is 1. The number of nitrogens with zero attached hydrogens (tertiary/aromatic N) is 2. The second-order valence-electron chi connectivity index (χ2n) is 7.36. The van der Waals surface area contributed by atoms with E-state index in [0.29, 0.717) is 10.7 Å². The van der Waals surface area contributed by atoms with E-state index in [0.717, 1.165) is 28.2 Å². The number of nitrogens with one attached hydrogen (secondary N) is 1. The van der Waals surface area contributed by atoms with Crippen molar-refractivity contribution in [2.75, 3.05) is 11.6 Å². The SMILES string of the molecule is CC(=O)Nc1ccc(-c2cc(-c3ccc(Cl)cc3)n(-c3ccc(S(C)(=O)=O)cc3)n2)cc1. The molecule has 0 aliphatic rings. The van der Waals surface area contributed by atoms with Gasteiger partial charge in [-0.3, -0.25) is 4.79 Å². The molecule has 0 bridgehead atoms. The molecule has 1 aromatic heterocycles. The van der Waals surface area contributed by atoms with Crippen LogP contribution in [0.2, 0.25) is 5.02 Å². The van der Waals surface area contributed by atoms with Crippen LogP contribution in [0.3, 0.4) is 0 Å². The molecule has 32 heavy (non-hydrogen) atoms. The van der Waals surface area contributed by atoms with E-state index in [2.05, 4.69) is 5.32 Å². The van der Waals surface area contributed by atoms with Gasteiger partial charge in [-0.2, -0.15) is 5.10 Å². The number of anilines is 1. The van der Waals surface area contributed by atoms with E-state index in [1.54, 1.807) is 28.9 Å². The predicted molar refractivity (Wildman–Crippen MR) is 127 cm³/mol. The van der Waals surface area contributed by atoms with Crippen LogP contribution in [0.5, 0.6) is 0 Å². The van der Waals surface area contributed by atoms with Gasteiger partial charge in [0.1, 0.15) is 0 Å². The van der Waals surface area contributed by atoms with Crippen molar-refractivity contribution < 1.29 is 13.2 Å².